The van der Waals surface area contributed by atoms with E-state index in [-0.39, 0.29) is 12.8 Å². The van der Waals surface area contributed by atoms with Gasteiger partial charge in [-0.2, -0.15) is 5.10 Å². The lowest BCUT2D eigenvalue weighted by atomic mass is 9.90. The maximum atomic E-state index is 14.8. The van der Waals surface area contributed by atoms with Crippen molar-refractivity contribution in [3.8, 4) is 22.4 Å². The average molecular weight is 616 g/mol. The summed E-state index contributed by atoms with van der Waals surface area (Å²) in [7, 11) is 0. The monoisotopic (exact) mass is 615 g/mol. The van der Waals surface area contributed by atoms with Gasteiger partial charge >= 0.3 is 0 Å². The van der Waals surface area contributed by atoms with Crippen molar-refractivity contribution >= 4 is 23.3 Å². The molecule has 2 amide bonds. The molecule has 1 saturated carbocycles. The molecule has 2 aliphatic carbocycles. The summed E-state index contributed by atoms with van der Waals surface area (Å²) in [4.78, 5) is 36.8. The Hall–Kier alpha value is -4.74. The number of H-pyrrole nitrogens is 1. The van der Waals surface area contributed by atoms with Crippen molar-refractivity contribution in [1.29, 1.82) is 0 Å². The Morgan fingerprint density at radius 3 is 2.40 bits per heavy atom. The van der Waals surface area contributed by atoms with Gasteiger partial charge in [0.15, 0.2) is 5.67 Å². The average Bonchev–Trinajstić information content (AvgIpc) is 3.49. The van der Waals surface area contributed by atoms with Gasteiger partial charge in [-0.25, -0.2) is 23.1 Å². The van der Waals surface area contributed by atoms with Crippen LogP contribution in [0.2, 0.25) is 0 Å². The number of halogens is 3. The van der Waals surface area contributed by atoms with Crippen LogP contribution < -0.4 is 15.5 Å². The van der Waals surface area contributed by atoms with Gasteiger partial charge < -0.3 is 15.5 Å². The second-order valence-corrected chi connectivity index (χ2v) is 12.3. The van der Waals surface area contributed by atoms with Crippen molar-refractivity contribution in [2.75, 3.05) is 23.3 Å². The number of aromatic nitrogens is 4. The summed E-state index contributed by atoms with van der Waals surface area (Å²) in [5, 5.41) is 12.9. The minimum absolute atomic E-state index is 0.131. The molecule has 0 unspecified atom stereocenters. The molecule has 1 aliphatic heterocycles. The van der Waals surface area contributed by atoms with Crippen LogP contribution in [-0.4, -0.2) is 62.7 Å². The first-order chi connectivity index (χ1) is 21.5. The molecule has 232 valence electrons. The Morgan fingerprint density at radius 1 is 1.00 bits per heavy atom. The van der Waals surface area contributed by atoms with Crippen LogP contribution in [0.25, 0.3) is 22.4 Å². The first-order valence-corrected chi connectivity index (χ1v) is 15.0. The summed E-state index contributed by atoms with van der Waals surface area (Å²) in [5.41, 5.74) is 5.49. The molecule has 2 aromatic heterocycles. The largest absolute Gasteiger partial charge is 0.344 e. The zero-order valence-electron chi connectivity index (χ0n) is 24.8. The number of nitrogens with one attached hydrogen (secondary N) is 3. The van der Waals surface area contributed by atoms with E-state index in [1.54, 1.807) is 18.2 Å². The smallest absolute Gasteiger partial charge is 0.282 e. The van der Waals surface area contributed by atoms with E-state index in [2.05, 4.69) is 30.8 Å². The van der Waals surface area contributed by atoms with E-state index in [0.29, 0.717) is 30.0 Å². The molecular weight excluding hydrogens is 583 g/mol. The van der Waals surface area contributed by atoms with Crippen molar-refractivity contribution < 1.29 is 22.8 Å². The number of nitrogens with zero attached hydrogens (tertiary/aromatic N) is 4. The maximum Gasteiger partial charge on any atom is 0.282 e. The van der Waals surface area contributed by atoms with Crippen molar-refractivity contribution in [3.05, 3.63) is 77.4 Å². The van der Waals surface area contributed by atoms with Gasteiger partial charge in [0.05, 0.1) is 24.5 Å². The Balaban J connectivity index is 1.15. The molecule has 3 heterocycles. The predicted octanol–water partition coefficient (Wildman–Crippen LogP) is 5.26. The van der Waals surface area contributed by atoms with Crippen LogP contribution in [-0.2, 0) is 16.0 Å². The van der Waals surface area contributed by atoms with E-state index >= 15 is 0 Å². The zero-order valence-corrected chi connectivity index (χ0v) is 24.8. The summed E-state index contributed by atoms with van der Waals surface area (Å²) >= 11 is 0. The molecule has 7 rings (SSSR count). The number of hydrogen-bond acceptors (Lipinski definition) is 6. The van der Waals surface area contributed by atoms with Gasteiger partial charge in [-0.1, -0.05) is 24.3 Å². The number of alkyl halides is 3. The fraction of sp³-hybridized carbons (Fsp3) is 0.364. The van der Waals surface area contributed by atoms with E-state index in [4.69, 9.17) is 0 Å². The van der Waals surface area contributed by atoms with Gasteiger partial charge in [0, 0.05) is 34.5 Å². The first-order valence-electron chi connectivity index (χ1n) is 15.0. The van der Waals surface area contributed by atoms with Gasteiger partial charge in [0.25, 0.3) is 11.8 Å². The van der Waals surface area contributed by atoms with Crippen LogP contribution in [0.4, 0.5) is 24.7 Å². The van der Waals surface area contributed by atoms with Crippen LogP contribution >= 0.6 is 0 Å². The number of anilines is 2. The third-order valence-electron chi connectivity index (χ3n) is 9.02. The van der Waals surface area contributed by atoms with Crippen molar-refractivity contribution in [2.24, 2.45) is 0 Å². The molecule has 2 fully saturated rings. The molecule has 45 heavy (non-hydrogen) atoms. The quantitative estimate of drug-likeness (QED) is 0.249. The highest BCUT2D eigenvalue weighted by molar-refractivity contribution is 6.00. The molecule has 0 radical (unpaired) electrons. The second-order valence-electron chi connectivity index (χ2n) is 12.3. The van der Waals surface area contributed by atoms with Crippen molar-refractivity contribution in [1.82, 2.24) is 25.5 Å². The molecule has 1 saturated heterocycles. The number of fused-ring (bicyclic) bond motifs is 1. The summed E-state index contributed by atoms with van der Waals surface area (Å²) in [6, 6.07) is 13.8. The minimum Gasteiger partial charge on any atom is -0.344 e. The Bertz CT molecular complexity index is 1770. The van der Waals surface area contributed by atoms with Crippen LogP contribution in [0.3, 0.4) is 0 Å². The number of hydrogen-bond donors (Lipinski definition) is 3. The molecule has 0 spiro atoms. The number of aromatic amines is 1. The number of carbonyl (C=O) groups is 2. The minimum atomic E-state index is -2.73. The van der Waals surface area contributed by atoms with Gasteiger partial charge in [-0.05, 0) is 74.4 Å². The van der Waals surface area contributed by atoms with Gasteiger partial charge in [-0.15, -0.1) is 0 Å². The number of amides is 2. The second kappa shape index (κ2) is 10.7. The number of rotatable bonds is 8. The normalized spacial score (nSPS) is 19.8. The third kappa shape index (κ3) is 5.53. The Morgan fingerprint density at radius 2 is 1.73 bits per heavy atom. The SMILES string of the molecule is Cc1n[nH]c(C)c1-c1ccc(NC(=O)[C@@H](NC(=O)C2(F)CC2)[C@@H]2CCc3ccc(-c4cc(N5CC(F)(F)C5)ncn4)cc32)cc1. The number of carbonyl (C=O) groups excluding carboxylic acids is 2. The third-order valence-corrected chi connectivity index (χ3v) is 9.02. The lowest BCUT2D eigenvalue weighted by molar-refractivity contribution is -0.131. The van der Waals surface area contributed by atoms with Crippen molar-refractivity contribution in [3.63, 3.8) is 0 Å². The molecule has 4 aromatic rings. The molecule has 3 aliphatic rings. The predicted molar refractivity (Wildman–Crippen MR) is 163 cm³/mol. The highest BCUT2D eigenvalue weighted by atomic mass is 19.3. The van der Waals surface area contributed by atoms with Crippen LogP contribution in [0, 0.1) is 13.8 Å². The molecule has 2 atom stereocenters. The van der Waals surface area contributed by atoms with E-state index in [1.165, 1.54) is 11.2 Å². The molecule has 12 heteroatoms. The van der Waals surface area contributed by atoms with E-state index in [1.807, 2.05) is 44.2 Å². The molecule has 0 bridgehead atoms. The fourth-order valence-electron chi connectivity index (χ4n) is 6.36. The lowest BCUT2D eigenvalue weighted by Gasteiger charge is -2.39. The summed E-state index contributed by atoms with van der Waals surface area (Å²) in [6.45, 7) is 3.07. The van der Waals surface area contributed by atoms with Gasteiger partial charge in [0.2, 0.25) is 5.91 Å². The van der Waals surface area contributed by atoms with E-state index < -0.39 is 48.5 Å². The van der Waals surface area contributed by atoms with Crippen LogP contribution in [0.15, 0.2) is 54.9 Å². The van der Waals surface area contributed by atoms with E-state index in [9.17, 15) is 22.8 Å². The van der Waals surface area contributed by atoms with Gasteiger partial charge in [-0.3, -0.25) is 14.7 Å². The fourth-order valence-corrected chi connectivity index (χ4v) is 6.36. The number of aryl methyl sites for hydroxylation is 3. The Kier molecular flexibility index (Phi) is 6.90. The number of benzene rings is 2. The maximum absolute atomic E-state index is 14.8. The standard InChI is InChI=1S/C33H32F3N7O2/c1-18-28(19(2)42-41-18)21-5-8-23(9-6-21)39-30(44)29(40-31(45)32(34)11-12-32)24-10-7-20-3-4-22(13-25(20)24)26-14-27(38-17-37-26)43-15-33(35,36)16-43/h3-6,8-9,13-14,17,24,29H,7,10-12,15-16H2,1-2H3,(H,39,44)(H,40,45)(H,41,42)/t24-,29+/m1/s1. The Labute approximate surface area is 257 Å². The van der Waals surface area contributed by atoms with E-state index in [0.717, 1.165) is 39.2 Å². The van der Waals surface area contributed by atoms with Crippen molar-refractivity contribution in [2.45, 2.75) is 63.1 Å². The molecule has 9 nitrogen and oxygen atoms in total. The van der Waals surface area contributed by atoms with Crippen LogP contribution in [0.1, 0.15) is 47.7 Å². The highest BCUT2D eigenvalue weighted by Crippen LogP contribution is 2.42. The highest BCUT2D eigenvalue weighted by Gasteiger charge is 2.52. The molecule has 2 aromatic carbocycles. The summed E-state index contributed by atoms with van der Waals surface area (Å²) < 4.78 is 41.8. The molecular formula is C33H32F3N7O2. The lowest BCUT2D eigenvalue weighted by Crippen LogP contribution is -2.56. The van der Waals surface area contributed by atoms with Crippen LogP contribution in [0.5, 0.6) is 0 Å². The summed E-state index contributed by atoms with van der Waals surface area (Å²) in [5.74, 6) is -3.96. The van der Waals surface area contributed by atoms with Gasteiger partial charge in [0.1, 0.15) is 18.2 Å². The first kappa shape index (κ1) is 29.0. The molecule has 3 N–H and O–H groups in total. The topological polar surface area (TPSA) is 116 Å². The zero-order chi connectivity index (χ0) is 31.5. The summed E-state index contributed by atoms with van der Waals surface area (Å²) in [6.07, 6.45) is 2.86.